The Hall–Kier alpha value is -1.95. The van der Waals surface area contributed by atoms with Crippen LogP contribution in [0.2, 0.25) is 0 Å². The Labute approximate surface area is 126 Å². The lowest BCUT2D eigenvalue weighted by molar-refractivity contribution is 0.0767. The number of anilines is 2. The fourth-order valence-electron chi connectivity index (χ4n) is 2.23. The fraction of sp³-hybridized carbons (Fsp3) is 0.267. The van der Waals surface area contributed by atoms with Crippen LogP contribution in [0.3, 0.4) is 0 Å². The smallest absolute Gasteiger partial charge is 0.270 e. The molecular formula is C15H16FN3OS. The van der Waals surface area contributed by atoms with Gasteiger partial charge in [-0.15, -0.1) is 0 Å². The molecule has 3 rings (SSSR count). The van der Waals surface area contributed by atoms with Gasteiger partial charge in [-0.05, 0) is 30.3 Å². The van der Waals surface area contributed by atoms with E-state index in [0.717, 1.165) is 36.0 Å². The van der Waals surface area contributed by atoms with Gasteiger partial charge in [0.05, 0.1) is 5.69 Å². The van der Waals surface area contributed by atoms with Crippen LogP contribution in [0.1, 0.15) is 10.5 Å². The van der Waals surface area contributed by atoms with Crippen molar-refractivity contribution in [3.8, 4) is 0 Å². The summed E-state index contributed by atoms with van der Waals surface area (Å²) >= 11 is 1.87. The zero-order valence-electron chi connectivity index (χ0n) is 11.4. The molecular weight excluding hydrogens is 289 g/mol. The second-order valence-electron chi connectivity index (χ2n) is 4.84. The predicted octanol–water partition coefficient (Wildman–Crippen LogP) is 3.09. The van der Waals surface area contributed by atoms with E-state index in [2.05, 4.69) is 10.3 Å². The number of halogens is 1. The molecule has 110 valence electrons. The second kappa shape index (κ2) is 6.22. The number of hydrogen-bond acceptors (Lipinski definition) is 3. The lowest BCUT2D eigenvalue weighted by atomic mass is 10.3. The molecule has 2 aromatic rings. The summed E-state index contributed by atoms with van der Waals surface area (Å²) in [5, 5.41) is 3.14. The van der Waals surface area contributed by atoms with Crippen molar-refractivity contribution < 1.29 is 9.18 Å². The number of carbonyl (C=O) groups is 1. The third kappa shape index (κ3) is 3.39. The number of rotatable bonds is 3. The first kappa shape index (κ1) is 14.0. The van der Waals surface area contributed by atoms with Gasteiger partial charge in [-0.3, -0.25) is 4.79 Å². The lowest BCUT2D eigenvalue weighted by Gasteiger charge is -2.25. The predicted molar refractivity (Wildman–Crippen MR) is 83.7 cm³/mol. The van der Waals surface area contributed by atoms with E-state index in [-0.39, 0.29) is 11.7 Å². The highest BCUT2D eigenvalue weighted by molar-refractivity contribution is 7.99. The summed E-state index contributed by atoms with van der Waals surface area (Å²) in [6, 6.07) is 7.89. The molecule has 0 spiro atoms. The van der Waals surface area contributed by atoms with E-state index < -0.39 is 0 Å². The van der Waals surface area contributed by atoms with E-state index in [0.29, 0.717) is 5.69 Å². The zero-order valence-corrected chi connectivity index (χ0v) is 12.3. The summed E-state index contributed by atoms with van der Waals surface area (Å²) < 4.78 is 12.9. The Balaban J connectivity index is 1.68. The van der Waals surface area contributed by atoms with Crippen molar-refractivity contribution in [1.29, 1.82) is 0 Å². The van der Waals surface area contributed by atoms with Crippen LogP contribution in [0.5, 0.6) is 0 Å². The third-order valence-corrected chi connectivity index (χ3v) is 4.29. The van der Waals surface area contributed by atoms with Crippen molar-refractivity contribution in [1.82, 2.24) is 9.88 Å². The van der Waals surface area contributed by atoms with Gasteiger partial charge in [-0.2, -0.15) is 11.8 Å². The monoisotopic (exact) mass is 305 g/mol. The minimum absolute atomic E-state index is 0.0301. The molecule has 1 aliphatic heterocycles. The first-order chi connectivity index (χ1) is 10.2. The summed E-state index contributed by atoms with van der Waals surface area (Å²) in [6.07, 6.45) is 1.75. The average Bonchev–Trinajstić information content (AvgIpc) is 2.98. The lowest BCUT2D eigenvalue weighted by Crippen LogP contribution is -2.38. The highest BCUT2D eigenvalue weighted by atomic mass is 32.2. The molecule has 2 N–H and O–H groups in total. The highest BCUT2D eigenvalue weighted by Crippen LogP contribution is 2.19. The Morgan fingerprint density at radius 1 is 1.19 bits per heavy atom. The number of nitrogens with zero attached hydrogens (tertiary/aromatic N) is 1. The number of amides is 1. The van der Waals surface area contributed by atoms with Crippen LogP contribution in [0.25, 0.3) is 0 Å². The number of thioether (sulfide) groups is 1. The quantitative estimate of drug-likeness (QED) is 0.916. The van der Waals surface area contributed by atoms with E-state index in [1.165, 1.54) is 12.1 Å². The van der Waals surface area contributed by atoms with Crippen molar-refractivity contribution in [2.24, 2.45) is 0 Å². The van der Waals surface area contributed by atoms with Gasteiger partial charge in [0.25, 0.3) is 5.91 Å². The fourth-order valence-corrected chi connectivity index (χ4v) is 3.13. The van der Waals surface area contributed by atoms with Gasteiger partial charge in [0.1, 0.15) is 11.5 Å². The Morgan fingerprint density at radius 3 is 2.62 bits per heavy atom. The molecule has 1 aromatic carbocycles. The van der Waals surface area contributed by atoms with Crippen LogP contribution in [-0.4, -0.2) is 40.4 Å². The third-order valence-electron chi connectivity index (χ3n) is 3.34. The number of nitrogens with one attached hydrogen (secondary N) is 2. The van der Waals surface area contributed by atoms with E-state index in [1.54, 1.807) is 24.4 Å². The molecule has 0 aliphatic carbocycles. The van der Waals surface area contributed by atoms with Crippen molar-refractivity contribution in [3.05, 3.63) is 48.0 Å². The summed E-state index contributed by atoms with van der Waals surface area (Å²) in [6.45, 7) is 1.59. The van der Waals surface area contributed by atoms with Crippen molar-refractivity contribution >= 4 is 29.0 Å². The molecule has 6 heteroatoms. The van der Waals surface area contributed by atoms with Crippen LogP contribution in [0.4, 0.5) is 15.8 Å². The number of hydrogen-bond donors (Lipinski definition) is 2. The molecule has 1 fully saturated rings. The molecule has 0 radical (unpaired) electrons. The Kier molecular flexibility index (Phi) is 4.15. The molecule has 0 bridgehead atoms. The molecule has 1 amide bonds. The van der Waals surface area contributed by atoms with Crippen LogP contribution in [0, 0.1) is 5.82 Å². The summed E-state index contributed by atoms with van der Waals surface area (Å²) in [7, 11) is 0. The van der Waals surface area contributed by atoms with Crippen molar-refractivity contribution in [2.75, 3.05) is 29.9 Å². The average molecular weight is 305 g/mol. The van der Waals surface area contributed by atoms with Crippen LogP contribution in [-0.2, 0) is 0 Å². The summed E-state index contributed by atoms with van der Waals surface area (Å²) in [5.74, 6) is 1.75. The molecule has 0 saturated carbocycles. The molecule has 1 aromatic heterocycles. The highest BCUT2D eigenvalue weighted by Gasteiger charge is 2.19. The minimum Gasteiger partial charge on any atom is -0.355 e. The molecule has 4 nitrogen and oxygen atoms in total. The maximum absolute atomic E-state index is 12.9. The standard InChI is InChI=1S/C15H16FN3OS/c16-11-1-3-12(4-2-11)18-13-9-14(17-10-13)15(20)19-5-7-21-8-6-19/h1-4,9-10,17-18H,5-8H2. The minimum atomic E-state index is -0.270. The first-order valence-corrected chi connectivity index (χ1v) is 7.96. The number of aromatic amines is 1. The SMILES string of the molecule is O=C(c1cc(Nc2ccc(F)cc2)c[nH]1)N1CCSCC1. The Morgan fingerprint density at radius 2 is 1.90 bits per heavy atom. The van der Waals surface area contributed by atoms with Crippen LogP contribution >= 0.6 is 11.8 Å². The van der Waals surface area contributed by atoms with E-state index in [4.69, 9.17) is 0 Å². The van der Waals surface area contributed by atoms with Crippen LogP contribution in [0.15, 0.2) is 36.5 Å². The second-order valence-corrected chi connectivity index (χ2v) is 6.06. The van der Waals surface area contributed by atoms with E-state index in [9.17, 15) is 9.18 Å². The summed E-state index contributed by atoms with van der Waals surface area (Å²) in [5.41, 5.74) is 2.15. The van der Waals surface area contributed by atoms with Gasteiger partial charge in [0.15, 0.2) is 0 Å². The topological polar surface area (TPSA) is 48.1 Å². The molecule has 1 aliphatic rings. The van der Waals surface area contributed by atoms with Gasteiger partial charge in [0, 0.05) is 36.5 Å². The van der Waals surface area contributed by atoms with Gasteiger partial charge < -0.3 is 15.2 Å². The maximum atomic E-state index is 12.9. The van der Waals surface area contributed by atoms with Crippen molar-refractivity contribution in [3.63, 3.8) is 0 Å². The normalized spacial score (nSPS) is 15.0. The van der Waals surface area contributed by atoms with Gasteiger partial charge in [0.2, 0.25) is 0 Å². The zero-order chi connectivity index (χ0) is 14.7. The Bertz CT molecular complexity index is 620. The van der Waals surface area contributed by atoms with Crippen molar-refractivity contribution in [2.45, 2.75) is 0 Å². The summed E-state index contributed by atoms with van der Waals surface area (Å²) in [4.78, 5) is 17.2. The van der Waals surface area contributed by atoms with Gasteiger partial charge >= 0.3 is 0 Å². The van der Waals surface area contributed by atoms with Gasteiger partial charge in [-0.1, -0.05) is 0 Å². The van der Waals surface area contributed by atoms with E-state index >= 15 is 0 Å². The number of benzene rings is 1. The number of H-pyrrole nitrogens is 1. The van der Waals surface area contributed by atoms with E-state index in [1.807, 2.05) is 16.7 Å². The molecule has 2 heterocycles. The molecule has 0 atom stereocenters. The molecule has 0 unspecified atom stereocenters. The molecule has 1 saturated heterocycles. The first-order valence-electron chi connectivity index (χ1n) is 6.80. The molecule has 21 heavy (non-hydrogen) atoms. The van der Waals surface area contributed by atoms with Crippen LogP contribution < -0.4 is 5.32 Å². The number of aromatic nitrogens is 1. The number of carbonyl (C=O) groups excluding carboxylic acids is 1. The maximum Gasteiger partial charge on any atom is 0.270 e. The van der Waals surface area contributed by atoms with Gasteiger partial charge in [-0.25, -0.2) is 4.39 Å². The largest absolute Gasteiger partial charge is 0.355 e.